The van der Waals surface area contributed by atoms with E-state index in [1.807, 2.05) is 6.20 Å². The van der Waals surface area contributed by atoms with Gasteiger partial charge in [0.15, 0.2) is 0 Å². The van der Waals surface area contributed by atoms with Crippen molar-refractivity contribution in [3.05, 3.63) is 33.2 Å². The molecule has 1 aromatic rings. The van der Waals surface area contributed by atoms with Gasteiger partial charge >= 0.3 is 0 Å². The lowest BCUT2D eigenvalue weighted by Gasteiger charge is -2.10. The molecular formula is C11H15NO. The van der Waals surface area contributed by atoms with Crippen LogP contribution in [0.3, 0.4) is 0 Å². The molecule has 0 saturated heterocycles. The minimum absolute atomic E-state index is 0.122. The van der Waals surface area contributed by atoms with Crippen molar-refractivity contribution < 1.29 is 0 Å². The Morgan fingerprint density at radius 2 is 2.00 bits per heavy atom. The molecule has 1 heterocycles. The fraction of sp³-hybridized carbons (Fsp3) is 0.545. The first kappa shape index (κ1) is 8.54. The highest BCUT2D eigenvalue weighted by atomic mass is 16.1. The number of hydrogen-bond donors (Lipinski definition) is 1. The van der Waals surface area contributed by atoms with Crippen LogP contribution in [-0.4, -0.2) is 4.98 Å². The van der Waals surface area contributed by atoms with Gasteiger partial charge in [0.25, 0.3) is 5.56 Å². The number of rotatable bonds is 1. The average molecular weight is 177 g/mol. The Bertz CT molecular complexity index is 376. The summed E-state index contributed by atoms with van der Waals surface area (Å²) in [7, 11) is 0. The van der Waals surface area contributed by atoms with Crippen molar-refractivity contribution in [2.45, 2.75) is 39.0 Å². The Kier molecular flexibility index (Phi) is 1.98. The van der Waals surface area contributed by atoms with Gasteiger partial charge < -0.3 is 4.98 Å². The summed E-state index contributed by atoms with van der Waals surface area (Å²) < 4.78 is 0. The Morgan fingerprint density at radius 1 is 1.31 bits per heavy atom. The van der Waals surface area contributed by atoms with Crippen molar-refractivity contribution >= 4 is 0 Å². The molecule has 1 aliphatic rings. The second-order valence-electron chi connectivity index (χ2n) is 4.04. The number of H-pyrrole nitrogens is 1. The molecule has 0 atom stereocenters. The number of fused-ring (bicyclic) bond motifs is 1. The standard InChI is InChI=1S/C11H15NO/c1-7(2)10-6-12-11(13)9-5-3-4-8(9)10/h6-7H,3-5H2,1-2H3,(H,12,13). The van der Waals surface area contributed by atoms with Crippen LogP contribution < -0.4 is 5.56 Å². The fourth-order valence-electron chi connectivity index (χ4n) is 2.15. The molecule has 1 aromatic heterocycles. The summed E-state index contributed by atoms with van der Waals surface area (Å²) in [5, 5.41) is 0. The molecule has 1 aliphatic carbocycles. The molecule has 13 heavy (non-hydrogen) atoms. The highest BCUT2D eigenvalue weighted by Gasteiger charge is 2.18. The normalized spacial score (nSPS) is 15.0. The maximum Gasteiger partial charge on any atom is 0.251 e. The Hall–Kier alpha value is -1.05. The Balaban J connectivity index is 2.63. The SMILES string of the molecule is CC(C)c1c[nH]c(=O)c2c1CCC2. The molecule has 0 aliphatic heterocycles. The Labute approximate surface area is 78.0 Å². The molecule has 2 heteroatoms. The van der Waals surface area contributed by atoms with Gasteiger partial charge in [-0.05, 0) is 36.3 Å². The van der Waals surface area contributed by atoms with E-state index < -0.39 is 0 Å². The fourth-order valence-corrected chi connectivity index (χ4v) is 2.15. The van der Waals surface area contributed by atoms with Crippen molar-refractivity contribution in [2.24, 2.45) is 0 Å². The van der Waals surface area contributed by atoms with Gasteiger partial charge in [-0.3, -0.25) is 4.79 Å². The average Bonchev–Trinajstić information content (AvgIpc) is 2.53. The van der Waals surface area contributed by atoms with Gasteiger partial charge in [-0.2, -0.15) is 0 Å². The predicted molar refractivity (Wildman–Crippen MR) is 53.2 cm³/mol. The molecule has 0 amide bonds. The Morgan fingerprint density at radius 3 is 2.69 bits per heavy atom. The van der Waals surface area contributed by atoms with Crippen molar-refractivity contribution in [1.82, 2.24) is 4.98 Å². The molecule has 0 aromatic carbocycles. The van der Waals surface area contributed by atoms with E-state index in [0.717, 1.165) is 24.8 Å². The van der Waals surface area contributed by atoms with E-state index in [1.54, 1.807) is 0 Å². The molecule has 0 bridgehead atoms. The molecule has 0 unspecified atom stereocenters. The smallest absolute Gasteiger partial charge is 0.251 e. The summed E-state index contributed by atoms with van der Waals surface area (Å²) in [6.45, 7) is 4.35. The highest BCUT2D eigenvalue weighted by Crippen LogP contribution is 2.26. The quantitative estimate of drug-likeness (QED) is 0.699. The summed E-state index contributed by atoms with van der Waals surface area (Å²) in [5.74, 6) is 0.517. The van der Waals surface area contributed by atoms with Crippen LogP contribution in [0.2, 0.25) is 0 Å². The van der Waals surface area contributed by atoms with E-state index in [1.165, 1.54) is 11.1 Å². The van der Waals surface area contributed by atoms with Crippen LogP contribution in [0.25, 0.3) is 0 Å². The zero-order chi connectivity index (χ0) is 9.42. The summed E-state index contributed by atoms with van der Waals surface area (Å²) in [4.78, 5) is 14.3. The monoisotopic (exact) mass is 177 g/mol. The largest absolute Gasteiger partial charge is 0.329 e. The van der Waals surface area contributed by atoms with Gasteiger partial charge in [0.1, 0.15) is 0 Å². The minimum Gasteiger partial charge on any atom is -0.329 e. The van der Waals surface area contributed by atoms with E-state index in [9.17, 15) is 4.79 Å². The van der Waals surface area contributed by atoms with Gasteiger partial charge in [0.2, 0.25) is 0 Å². The highest BCUT2D eigenvalue weighted by molar-refractivity contribution is 5.37. The van der Waals surface area contributed by atoms with E-state index in [2.05, 4.69) is 18.8 Å². The molecular weight excluding hydrogens is 162 g/mol. The zero-order valence-corrected chi connectivity index (χ0v) is 8.18. The molecule has 1 N–H and O–H groups in total. The first-order chi connectivity index (χ1) is 6.20. The van der Waals surface area contributed by atoms with Crippen LogP contribution in [-0.2, 0) is 12.8 Å². The third-order valence-corrected chi connectivity index (χ3v) is 2.82. The van der Waals surface area contributed by atoms with Crippen LogP contribution in [0.15, 0.2) is 11.0 Å². The van der Waals surface area contributed by atoms with Crippen molar-refractivity contribution in [3.8, 4) is 0 Å². The maximum absolute atomic E-state index is 11.4. The second kappa shape index (κ2) is 3.02. The van der Waals surface area contributed by atoms with Gasteiger partial charge in [-0.15, -0.1) is 0 Å². The summed E-state index contributed by atoms with van der Waals surface area (Å²) in [5.41, 5.74) is 3.80. The van der Waals surface area contributed by atoms with Crippen LogP contribution in [0.5, 0.6) is 0 Å². The maximum atomic E-state index is 11.4. The van der Waals surface area contributed by atoms with Crippen molar-refractivity contribution in [3.63, 3.8) is 0 Å². The molecule has 70 valence electrons. The lowest BCUT2D eigenvalue weighted by atomic mass is 9.97. The van der Waals surface area contributed by atoms with Gasteiger partial charge in [0.05, 0.1) is 0 Å². The van der Waals surface area contributed by atoms with Gasteiger partial charge in [0, 0.05) is 11.8 Å². The van der Waals surface area contributed by atoms with Crippen molar-refractivity contribution in [1.29, 1.82) is 0 Å². The molecule has 0 fully saturated rings. The third kappa shape index (κ3) is 1.30. The number of aromatic nitrogens is 1. The summed E-state index contributed by atoms with van der Waals surface area (Å²) in [6, 6.07) is 0. The van der Waals surface area contributed by atoms with E-state index >= 15 is 0 Å². The zero-order valence-electron chi connectivity index (χ0n) is 8.18. The number of pyridine rings is 1. The molecule has 2 rings (SSSR count). The predicted octanol–water partition coefficient (Wildman–Crippen LogP) is 1.99. The number of nitrogens with one attached hydrogen (secondary N) is 1. The second-order valence-corrected chi connectivity index (χ2v) is 4.04. The lowest BCUT2D eigenvalue weighted by molar-refractivity contribution is 0.830. The molecule has 0 spiro atoms. The first-order valence-corrected chi connectivity index (χ1v) is 4.93. The molecule has 2 nitrogen and oxygen atoms in total. The third-order valence-electron chi connectivity index (χ3n) is 2.82. The van der Waals surface area contributed by atoms with Crippen LogP contribution in [0.1, 0.15) is 42.9 Å². The van der Waals surface area contributed by atoms with E-state index in [0.29, 0.717) is 5.92 Å². The summed E-state index contributed by atoms with van der Waals surface area (Å²) >= 11 is 0. The van der Waals surface area contributed by atoms with Gasteiger partial charge in [-0.1, -0.05) is 13.8 Å². The first-order valence-electron chi connectivity index (χ1n) is 4.93. The molecule has 0 saturated carbocycles. The van der Waals surface area contributed by atoms with Gasteiger partial charge in [-0.25, -0.2) is 0 Å². The topological polar surface area (TPSA) is 32.9 Å². The lowest BCUT2D eigenvalue weighted by Crippen LogP contribution is -2.13. The minimum atomic E-state index is 0.122. The van der Waals surface area contributed by atoms with Crippen LogP contribution >= 0.6 is 0 Å². The number of hydrogen-bond acceptors (Lipinski definition) is 1. The van der Waals surface area contributed by atoms with E-state index in [4.69, 9.17) is 0 Å². The molecule has 0 radical (unpaired) electrons. The summed E-state index contributed by atoms with van der Waals surface area (Å²) in [6.07, 6.45) is 5.08. The van der Waals surface area contributed by atoms with Crippen LogP contribution in [0, 0.1) is 0 Å². The van der Waals surface area contributed by atoms with E-state index in [-0.39, 0.29) is 5.56 Å². The van der Waals surface area contributed by atoms with Crippen molar-refractivity contribution in [2.75, 3.05) is 0 Å². The van der Waals surface area contributed by atoms with Crippen LogP contribution in [0.4, 0.5) is 0 Å². The number of aromatic amines is 1.